The van der Waals surface area contributed by atoms with Gasteiger partial charge in [0, 0.05) is 25.2 Å². The molecule has 134 valence electrons. The van der Waals surface area contributed by atoms with Crippen molar-refractivity contribution in [3.63, 3.8) is 0 Å². The monoisotopic (exact) mass is 353 g/mol. The van der Waals surface area contributed by atoms with Gasteiger partial charge in [-0.25, -0.2) is 4.98 Å². The minimum atomic E-state index is -5.02. The Morgan fingerprint density at radius 2 is 1.96 bits per heavy atom. The zero-order chi connectivity index (χ0) is 18.2. The van der Waals surface area contributed by atoms with Gasteiger partial charge in [0.1, 0.15) is 0 Å². The number of aromatic nitrogens is 2. The molecule has 0 saturated carbocycles. The Bertz CT molecular complexity index is 769. The Kier molecular flexibility index (Phi) is 4.32. The van der Waals surface area contributed by atoms with Gasteiger partial charge < -0.3 is 14.6 Å². The van der Waals surface area contributed by atoms with Crippen molar-refractivity contribution in [3.05, 3.63) is 53.6 Å². The average molecular weight is 353 g/mol. The number of amides is 1. The van der Waals surface area contributed by atoms with Crippen LogP contribution in [0.3, 0.4) is 0 Å². The van der Waals surface area contributed by atoms with Crippen LogP contribution < -0.4 is 0 Å². The largest absolute Gasteiger partial charge is 0.426 e. The van der Waals surface area contributed by atoms with E-state index in [2.05, 4.69) is 4.98 Å². The molecule has 0 spiro atoms. The number of hydrogen-bond donors (Lipinski definition) is 1. The van der Waals surface area contributed by atoms with Gasteiger partial charge in [0.15, 0.2) is 0 Å². The lowest BCUT2D eigenvalue weighted by Crippen LogP contribution is -2.56. The summed E-state index contributed by atoms with van der Waals surface area (Å²) in [4.78, 5) is 17.3. The molecule has 0 unspecified atom stereocenters. The molecule has 0 saturated heterocycles. The molecule has 1 aromatic heterocycles. The number of fused-ring (bicyclic) bond motifs is 1. The lowest BCUT2D eigenvalue weighted by atomic mass is 10.0. The summed E-state index contributed by atoms with van der Waals surface area (Å²) in [5, 5.41) is 9.58. The topological polar surface area (TPSA) is 58.4 Å². The van der Waals surface area contributed by atoms with Gasteiger partial charge in [-0.05, 0) is 12.5 Å². The number of aliphatic hydroxyl groups is 1. The highest BCUT2D eigenvalue weighted by Crippen LogP contribution is 2.33. The molecule has 0 aliphatic carbocycles. The van der Waals surface area contributed by atoms with Crippen molar-refractivity contribution >= 4 is 5.91 Å². The third-order valence-electron chi connectivity index (χ3n) is 4.44. The van der Waals surface area contributed by atoms with Crippen molar-refractivity contribution in [2.75, 3.05) is 6.54 Å². The Hall–Kier alpha value is -2.35. The van der Waals surface area contributed by atoms with Crippen LogP contribution in [0.4, 0.5) is 13.2 Å². The molecule has 1 aromatic carbocycles. The smallest absolute Gasteiger partial charge is 0.373 e. The first-order valence-electron chi connectivity index (χ1n) is 7.85. The molecule has 0 radical (unpaired) electrons. The quantitative estimate of drug-likeness (QED) is 0.920. The molecule has 3 rings (SSSR count). The third kappa shape index (κ3) is 3.26. The molecule has 1 amide bonds. The number of halogens is 3. The number of alkyl halides is 3. The van der Waals surface area contributed by atoms with Gasteiger partial charge in [-0.3, -0.25) is 4.79 Å². The van der Waals surface area contributed by atoms with Crippen LogP contribution in [0.25, 0.3) is 0 Å². The van der Waals surface area contributed by atoms with Crippen LogP contribution in [0.1, 0.15) is 23.9 Å². The van der Waals surface area contributed by atoms with Gasteiger partial charge in [-0.1, -0.05) is 30.3 Å². The summed E-state index contributed by atoms with van der Waals surface area (Å²) in [7, 11) is 0. The van der Waals surface area contributed by atoms with E-state index in [9.17, 15) is 23.1 Å². The maximum atomic E-state index is 12.9. The van der Waals surface area contributed by atoms with Crippen molar-refractivity contribution in [1.29, 1.82) is 0 Å². The standard InChI is InChI=1S/C17H18F3N3O2/c1-16(25,17(18,19)20)15(24)22-8-7-14-13(10-22)21-11-23(14)9-12-5-3-2-4-6-12/h2-6,11,25H,7-10H2,1H3/t16-/m1/s1. The second-order valence-electron chi connectivity index (χ2n) is 6.30. The minimum Gasteiger partial charge on any atom is -0.373 e. The summed E-state index contributed by atoms with van der Waals surface area (Å²) in [6.45, 7) is 1.16. The van der Waals surface area contributed by atoms with E-state index in [1.54, 1.807) is 6.33 Å². The number of benzene rings is 1. The molecule has 2 aromatic rings. The van der Waals surface area contributed by atoms with Gasteiger partial charge in [0.05, 0.1) is 18.6 Å². The van der Waals surface area contributed by atoms with Crippen molar-refractivity contribution in [1.82, 2.24) is 14.5 Å². The Morgan fingerprint density at radius 3 is 2.60 bits per heavy atom. The molecule has 1 aliphatic rings. The number of hydrogen-bond acceptors (Lipinski definition) is 3. The molecule has 5 nitrogen and oxygen atoms in total. The maximum Gasteiger partial charge on any atom is 0.426 e. The summed E-state index contributed by atoms with van der Waals surface area (Å²) >= 11 is 0. The summed E-state index contributed by atoms with van der Waals surface area (Å²) < 4.78 is 40.5. The molecule has 1 aliphatic heterocycles. The van der Waals surface area contributed by atoms with Gasteiger partial charge >= 0.3 is 6.18 Å². The number of nitrogens with zero attached hydrogens (tertiary/aromatic N) is 3. The van der Waals surface area contributed by atoms with Gasteiger partial charge in [-0.2, -0.15) is 13.2 Å². The van der Waals surface area contributed by atoms with Crippen LogP contribution in [-0.4, -0.2) is 43.8 Å². The van der Waals surface area contributed by atoms with E-state index in [-0.39, 0.29) is 13.1 Å². The van der Waals surface area contributed by atoms with Crippen molar-refractivity contribution in [2.24, 2.45) is 0 Å². The number of imidazole rings is 1. The van der Waals surface area contributed by atoms with Crippen molar-refractivity contribution in [3.8, 4) is 0 Å². The SMILES string of the molecule is C[C@@](O)(C(=O)N1CCc2c(ncn2Cc2ccccc2)C1)C(F)(F)F. The van der Waals surface area contributed by atoms with Gasteiger partial charge in [-0.15, -0.1) is 0 Å². The van der Waals surface area contributed by atoms with Crippen LogP contribution in [-0.2, 0) is 24.3 Å². The van der Waals surface area contributed by atoms with E-state index in [0.717, 1.165) is 16.2 Å². The Labute approximate surface area is 142 Å². The molecule has 1 atom stereocenters. The van der Waals surface area contributed by atoms with E-state index in [4.69, 9.17) is 0 Å². The minimum absolute atomic E-state index is 0.0395. The Morgan fingerprint density at radius 1 is 1.28 bits per heavy atom. The zero-order valence-electron chi connectivity index (χ0n) is 13.6. The summed E-state index contributed by atoms with van der Waals surface area (Å²) in [5.74, 6) is -1.34. The second-order valence-corrected chi connectivity index (χ2v) is 6.30. The number of carbonyl (C=O) groups is 1. The summed E-state index contributed by atoms with van der Waals surface area (Å²) in [6, 6.07) is 9.73. The molecule has 8 heteroatoms. The van der Waals surface area contributed by atoms with Crippen LogP contribution >= 0.6 is 0 Å². The maximum absolute atomic E-state index is 12.9. The molecule has 25 heavy (non-hydrogen) atoms. The van der Waals surface area contributed by atoms with Crippen molar-refractivity contribution in [2.45, 2.75) is 38.2 Å². The van der Waals surface area contributed by atoms with Gasteiger partial charge in [0.2, 0.25) is 5.60 Å². The molecular formula is C17H18F3N3O2. The normalized spacial score (nSPS) is 17.1. The first kappa shape index (κ1) is 17.5. The molecule has 0 fully saturated rings. The van der Waals surface area contributed by atoms with Crippen LogP contribution in [0.2, 0.25) is 0 Å². The molecule has 1 N–H and O–H groups in total. The molecular weight excluding hydrogens is 335 g/mol. The van der Waals surface area contributed by atoms with E-state index in [0.29, 0.717) is 25.6 Å². The highest BCUT2D eigenvalue weighted by molar-refractivity contribution is 5.85. The Balaban J connectivity index is 1.76. The summed E-state index contributed by atoms with van der Waals surface area (Å²) in [5.41, 5.74) is -0.842. The van der Waals surface area contributed by atoms with Crippen LogP contribution in [0.5, 0.6) is 0 Å². The second kappa shape index (κ2) is 6.18. The third-order valence-corrected chi connectivity index (χ3v) is 4.44. The van der Waals surface area contributed by atoms with E-state index in [1.165, 1.54) is 0 Å². The summed E-state index contributed by atoms with van der Waals surface area (Å²) in [6.07, 6.45) is -2.99. The number of rotatable bonds is 3. The molecule has 0 bridgehead atoms. The van der Waals surface area contributed by atoms with Crippen molar-refractivity contribution < 1.29 is 23.1 Å². The highest BCUT2D eigenvalue weighted by atomic mass is 19.4. The average Bonchev–Trinajstić information content (AvgIpc) is 2.96. The predicted molar refractivity (Wildman–Crippen MR) is 83.6 cm³/mol. The zero-order valence-corrected chi connectivity index (χ0v) is 13.6. The van der Waals surface area contributed by atoms with Crippen LogP contribution in [0, 0.1) is 0 Å². The van der Waals surface area contributed by atoms with E-state index >= 15 is 0 Å². The lowest BCUT2D eigenvalue weighted by Gasteiger charge is -2.34. The first-order chi connectivity index (χ1) is 11.7. The predicted octanol–water partition coefficient (Wildman–Crippen LogP) is 2.13. The van der Waals surface area contributed by atoms with Gasteiger partial charge in [0.25, 0.3) is 5.91 Å². The van der Waals surface area contributed by atoms with E-state index in [1.807, 2.05) is 34.9 Å². The fourth-order valence-electron chi connectivity index (χ4n) is 2.89. The fraction of sp³-hybridized carbons (Fsp3) is 0.412. The molecule has 2 heterocycles. The lowest BCUT2D eigenvalue weighted by molar-refractivity contribution is -0.250. The number of carbonyl (C=O) groups excluding carboxylic acids is 1. The first-order valence-corrected chi connectivity index (χ1v) is 7.85. The van der Waals surface area contributed by atoms with Crippen LogP contribution in [0.15, 0.2) is 36.7 Å². The fourth-order valence-corrected chi connectivity index (χ4v) is 2.89. The highest BCUT2D eigenvalue weighted by Gasteiger charge is 2.57. The van der Waals surface area contributed by atoms with E-state index < -0.39 is 17.7 Å².